The summed E-state index contributed by atoms with van der Waals surface area (Å²) in [6, 6.07) is 0. The van der Waals surface area contributed by atoms with E-state index in [9.17, 15) is 8.42 Å². The topological polar surface area (TPSA) is 46.2 Å². The number of sulfone groups is 1. The molecule has 0 fully saturated rings. The van der Waals surface area contributed by atoms with E-state index in [4.69, 9.17) is 0 Å². The van der Waals surface area contributed by atoms with Crippen molar-refractivity contribution in [1.82, 2.24) is 5.32 Å². The predicted molar refractivity (Wildman–Crippen MR) is 70.4 cm³/mol. The van der Waals surface area contributed by atoms with E-state index in [1.54, 1.807) is 6.92 Å². The molecule has 0 saturated carbocycles. The Bertz CT molecular complexity index is 285. The van der Waals surface area contributed by atoms with E-state index >= 15 is 0 Å². The Morgan fingerprint density at radius 1 is 1.31 bits per heavy atom. The fourth-order valence-corrected chi connectivity index (χ4v) is 2.70. The van der Waals surface area contributed by atoms with Crippen LogP contribution in [0.4, 0.5) is 0 Å². The third kappa shape index (κ3) is 5.30. The zero-order valence-corrected chi connectivity index (χ0v) is 12.2. The first kappa shape index (κ1) is 15.9. The minimum atomic E-state index is -2.80. The van der Waals surface area contributed by atoms with Gasteiger partial charge in [0.2, 0.25) is 0 Å². The van der Waals surface area contributed by atoms with E-state index in [0.29, 0.717) is 11.7 Å². The van der Waals surface area contributed by atoms with Gasteiger partial charge in [0, 0.05) is 12.3 Å². The summed E-state index contributed by atoms with van der Waals surface area (Å²) in [7, 11) is -0.855. The van der Waals surface area contributed by atoms with Crippen LogP contribution in [0.2, 0.25) is 0 Å². The highest BCUT2D eigenvalue weighted by Gasteiger charge is 2.27. The molecule has 16 heavy (non-hydrogen) atoms. The normalized spacial score (nSPS) is 16.4. The molecule has 1 atom stereocenters. The number of hydrogen-bond donors (Lipinski definition) is 1. The second-order valence-corrected chi connectivity index (χ2v) is 7.65. The van der Waals surface area contributed by atoms with Crippen LogP contribution < -0.4 is 5.32 Å². The molecule has 0 aliphatic carbocycles. The molecule has 0 aromatic carbocycles. The van der Waals surface area contributed by atoms with Crippen molar-refractivity contribution in [3.8, 4) is 0 Å². The van der Waals surface area contributed by atoms with E-state index in [1.165, 1.54) is 0 Å². The van der Waals surface area contributed by atoms with Crippen molar-refractivity contribution in [2.45, 2.75) is 40.5 Å². The molecule has 3 nitrogen and oxygen atoms in total. The van der Waals surface area contributed by atoms with Crippen LogP contribution in [0.3, 0.4) is 0 Å². The van der Waals surface area contributed by atoms with Gasteiger partial charge in [-0.2, -0.15) is 0 Å². The van der Waals surface area contributed by atoms with Crippen LogP contribution in [0.5, 0.6) is 0 Å². The molecular weight excluding hydrogens is 222 g/mol. The lowest BCUT2D eigenvalue weighted by Crippen LogP contribution is -2.35. The second kappa shape index (κ2) is 6.60. The molecule has 0 aliphatic heterocycles. The summed E-state index contributed by atoms with van der Waals surface area (Å²) in [5.41, 5.74) is 0.192. The zero-order valence-electron chi connectivity index (χ0n) is 11.3. The van der Waals surface area contributed by atoms with Gasteiger partial charge in [-0.3, -0.25) is 0 Å². The summed E-state index contributed by atoms with van der Waals surface area (Å²) < 4.78 is 22.8. The highest BCUT2D eigenvalue weighted by molar-refractivity contribution is 7.91. The minimum Gasteiger partial charge on any atom is -0.319 e. The Balaban J connectivity index is 4.24. The van der Waals surface area contributed by atoms with Crippen LogP contribution in [-0.2, 0) is 9.84 Å². The van der Waals surface area contributed by atoms with E-state index < -0.39 is 9.84 Å². The monoisotopic (exact) mass is 249 g/mol. The van der Waals surface area contributed by atoms with Gasteiger partial charge in [0.1, 0.15) is 9.84 Å². The Kier molecular flexibility index (Phi) is 6.56. The van der Waals surface area contributed by atoms with Crippen molar-refractivity contribution in [1.29, 1.82) is 0 Å². The maximum absolute atomic E-state index is 11.4. The van der Waals surface area contributed by atoms with Gasteiger partial charge < -0.3 is 5.32 Å². The Hall–Kier alpha value is -0.0900. The maximum Gasteiger partial charge on any atom is 0.150 e. The molecule has 0 rings (SSSR count). The summed E-state index contributed by atoms with van der Waals surface area (Å²) in [4.78, 5) is 0. The summed E-state index contributed by atoms with van der Waals surface area (Å²) in [6.45, 7) is 9.28. The summed E-state index contributed by atoms with van der Waals surface area (Å²) >= 11 is 0. The van der Waals surface area contributed by atoms with Gasteiger partial charge >= 0.3 is 0 Å². The summed E-state index contributed by atoms with van der Waals surface area (Å²) in [5.74, 6) is 1.15. The van der Waals surface area contributed by atoms with Crippen molar-refractivity contribution in [2.75, 3.05) is 25.1 Å². The van der Waals surface area contributed by atoms with Gasteiger partial charge in [0.15, 0.2) is 0 Å². The zero-order chi connectivity index (χ0) is 12.8. The SMILES string of the molecule is CCS(=O)(=O)CCCC(C)(CNC)C(C)C. The lowest BCUT2D eigenvalue weighted by molar-refractivity contribution is 0.194. The maximum atomic E-state index is 11.4. The molecule has 4 heteroatoms. The van der Waals surface area contributed by atoms with E-state index in [1.807, 2.05) is 7.05 Å². The van der Waals surface area contributed by atoms with Crippen LogP contribution in [0.25, 0.3) is 0 Å². The van der Waals surface area contributed by atoms with Crippen LogP contribution in [0.1, 0.15) is 40.5 Å². The molecule has 0 aromatic rings. The molecular formula is C12H27NO2S. The van der Waals surface area contributed by atoms with Gasteiger partial charge in [0.05, 0.1) is 5.75 Å². The van der Waals surface area contributed by atoms with Crippen molar-refractivity contribution >= 4 is 9.84 Å². The fraction of sp³-hybridized carbons (Fsp3) is 1.00. The minimum absolute atomic E-state index is 0.192. The molecule has 1 N–H and O–H groups in total. The second-order valence-electron chi connectivity index (χ2n) is 5.18. The Morgan fingerprint density at radius 3 is 2.25 bits per heavy atom. The highest BCUT2D eigenvalue weighted by Crippen LogP contribution is 2.31. The number of hydrogen-bond acceptors (Lipinski definition) is 3. The first-order valence-corrected chi connectivity index (χ1v) is 7.94. The van der Waals surface area contributed by atoms with Gasteiger partial charge in [-0.15, -0.1) is 0 Å². The number of rotatable bonds is 8. The van der Waals surface area contributed by atoms with Gasteiger partial charge in [-0.1, -0.05) is 27.7 Å². The van der Waals surface area contributed by atoms with Crippen LogP contribution in [-0.4, -0.2) is 33.5 Å². The Labute approximate surface area is 101 Å². The van der Waals surface area contributed by atoms with Gasteiger partial charge in [-0.25, -0.2) is 8.42 Å². The standard InChI is InChI=1S/C12H27NO2S/c1-6-16(14,15)9-7-8-12(4,10-13-5)11(2)3/h11,13H,6-10H2,1-5H3. The quantitative estimate of drug-likeness (QED) is 0.716. The largest absolute Gasteiger partial charge is 0.319 e. The smallest absolute Gasteiger partial charge is 0.150 e. The molecule has 0 saturated heterocycles. The summed E-state index contributed by atoms with van der Waals surface area (Å²) in [6.07, 6.45) is 1.73. The third-order valence-corrected chi connectivity index (χ3v) is 5.41. The summed E-state index contributed by atoms with van der Waals surface area (Å²) in [5, 5.41) is 3.20. The molecule has 0 spiro atoms. The molecule has 0 heterocycles. The average molecular weight is 249 g/mol. The van der Waals surface area contributed by atoms with Crippen LogP contribution in [0.15, 0.2) is 0 Å². The van der Waals surface area contributed by atoms with Crippen LogP contribution >= 0.6 is 0 Å². The van der Waals surface area contributed by atoms with Gasteiger partial charge in [0.25, 0.3) is 0 Å². The lowest BCUT2D eigenvalue weighted by Gasteiger charge is -2.33. The molecule has 0 amide bonds. The molecule has 1 unspecified atom stereocenters. The lowest BCUT2D eigenvalue weighted by atomic mass is 9.75. The van der Waals surface area contributed by atoms with E-state index in [0.717, 1.165) is 19.4 Å². The van der Waals surface area contributed by atoms with Crippen molar-refractivity contribution in [3.63, 3.8) is 0 Å². The Morgan fingerprint density at radius 2 is 1.88 bits per heavy atom. The molecule has 0 aromatic heterocycles. The third-order valence-electron chi connectivity index (χ3n) is 3.62. The van der Waals surface area contributed by atoms with Gasteiger partial charge in [-0.05, 0) is 31.2 Å². The van der Waals surface area contributed by atoms with Crippen LogP contribution in [0, 0.1) is 11.3 Å². The molecule has 0 bridgehead atoms. The van der Waals surface area contributed by atoms with Crippen molar-refractivity contribution < 1.29 is 8.42 Å². The first-order chi connectivity index (χ1) is 7.27. The molecule has 98 valence electrons. The highest BCUT2D eigenvalue weighted by atomic mass is 32.2. The molecule has 0 radical (unpaired) electrons. The van der Waals surface area contributed by atoms with E-state index in [2.05, 4.69) is 26.1 Å². The average Bonchev–Trinajstić information content (AvgIpc) is 2.17. The fourth-order valence-electron chi connectivity index (χ4n) is 1.83. The van der Waals surface area contributed by atoms with Crippen molar-refractivity contribution in [3.05, 3.63) is 0 Å². The predicted octanol–water partition coefficient (Wildman–Crippen LogP) is 2.08. The number of nitrogens with one attached hydrogen (secondary N) is 1. The van der Waals surface area contributed by atoms with Crippen molar-refractivity contribution in [2.24, 2.45) is 11.3 Å². The first-order valence-electron chi connectivity index (χ1n) is 6.12. The van der Waals surface area contributed by atoms with E-state index in [-0.39, 0.29) is 11.2 Å². The molecule has 0 aliphatic rings.